The Bertz CT molecular complexity index is 499. The van der Waals surface area contributed by atoms with E-state index in [1.807, 2.05) is 0 Å². The summed E-state index contributed by atoms with van der Waals surface area (Å²) in [5, 5.41) is 0. The third-order valence-electron chi connectivity index (χ3n) is 1.29. The number of aromatic amines is 1. The van der Waals surface area contributed by atoms with Crippen LogP contribution in [0.25, 0.3) is 9.66 Å². The summed E-state index contributed by atoms with van der Waals surface area (Å²) < 4.78 is 0.240. The highest BCUT2D eigenvalue weighted by Crippen LogP contribution is 2.16. The molecule has 2 aromatic rings. The van der Waals surface area contributed by atoms with Gasteiger partial charge in [0.25, 0.3) is 11.0 Å². The third-order valence-corrected chi connectivity index (χ3v) is 2.27. The van der Waals surface area contributed by atoms with Gasteiger partial charge in [0.1, 0.15) is 10.5 Å². The fraction of sp³-hybridized carbons (Fsp3) is 0. The molecule has 2 rings (SSSR count). The van der Waals surface area contributed by atoms with E-state index in [0.717, 1.165) is 11.3 Å². The van der Waals surface area contributed by atoms with Crippen molar-refractivity contribution < 1.29 is 0 Å². The van der Waals surface area contributed by atoms with Crippen LogP contribution in [0.5, 0.6) is 0 Å². The fourth-order valence-corrected chi connectivity index (χ4v) is 1.62. The van der Waals surface area contributed by atoms with Gasteiger partial charge in [-0.05, 0) is 0 Å². The molecule has 0 aliphatic heterocycles. The summed E-state index contributed by atoms with van der Waals surface area (Å²) in [5.41, 5.74) is 4.08. The van der Waals surface area contributed by atoms with Gasteiger partial charge in [-0.1, -0.05) is 11.3 Å². The van der Waals surface area contributed by atoms with Crippen LogP contribution in [0.15, 0.2) is 9.59 Å². The Kier molecular flexibility index (Phi) is 1.02. The van der Waals surface area contributed by atoms with E-state index >= 15 is 0 Å². The highest BCUT2D eigenvalue weighted by atomic mass is 32.1. The number of aromatic nitrogens is 2. The molecule has 0 fully saturated rings. The average molecular weight is 169 g/mol. The van der Waals surface area contributed by atoms with Crippen LogP contribution in [0, 0.1) is 0 Å². The predicted octanol–water partition coefficient (Wildman–Crippen LogP) is -0.635. The van der Waals surface area contributed by atoms with Gasteiger partial charge in [-0.15, -0.1) is 0 Å². The van der Waals surface area contributed by atoms with Gasteiger partial charge in [0.15, 0.2) is 4.96 Å². The summed E-state index contributed by atoms with van der Waals surface area (Å²) >= 11 is 1.10. The maximum absolute atomic E-state index is 10.9. The second-order valence-corrected chi connectivity index (χ2v) is 3.02. The normalized spacial score (nSPS) is 10.9. The van der Waals surface area contributed by atoms with E-state index in [0.29, 0.717) is 4.96 Å². The zero-order valence-electron chi connectivity index (χ0n) is 5.25. The van der Waals surface area contributed by atoms with Crippen molar-refractivity contribution in [2.75, 3.05) is 5.73 Å². The molecule has 56 valence electrons. The molecule has 6 heteroatoms. The van der Waals surface area contributed by atoms with Crippen LogP contribution in [-0.2, 0) is 0 Å². The molecular formula is C5H3N3O2S. The number of nitrogens with zero attached hydrogens (tertiary/aromatic N) is 1. The minimum absolute atomic E-state index is 0.133. The summed E-state index contributed by atoms with van der Waals surface area (Å²) in [4.78, 5) is 28.1. The first-order chi connectivity index (χ1) is 5.18. The van der Waals surface area contributed by atoms with E-state index in [1.165, 1.54) is 0 Å². The third kappa shape index (κ3) is 0.726. The molecule has 0 saturated heterocycles. The van der Waals surface area contributed by atoms with E-state index in [2.05, 4.69) is 9.97 Å². The van der Waals surface area contributed by atoms with E-state index < -0.39 is 11.0 Å². The number of anilines is 1. The fourth-order valence-electron chi connectivity index (χ4n) is 0.805. The monoisotopic (exact) mass is 169 g/mol. The summed E-state index contributed by atoms with van der Waals surface area (Å²) in [6, 6.07) is 0. The molecule has 11 heavy (non-hydrogen) atoms. The minimum atomic E-state index is -0.655. The van der Waals surface area contributed by atoms with E-state index in [-0.39, 0.29) is 10.5 Å². The zero-order valence-corrected chi connectivity index (χ0v) is 6.07. The lowest BCUT2D eigenvalue weighted by Crippen LogP contribution is -2.24. The predicted molar refractivity (Wildman–Crippen MR) is 42.1 cm³/mol. The number of hydrogen-bond donors (Lipinski definition) is 2. The summed E-state index contributed by atoms with van der Waals surface area (Å²) in [6.45, 7) is 0. The highest BCUT2D eigenvalue weighted by Gasteiger charge is 2.08. The van der Waals surface area contributed by atoms with Crippen molar-refractivity contribution >= 4 is 26.8 Å². The number of thiazole rings is 1. The lowest BCUT2D eigenvalue weighted by molar-refractivity contribution is 1.27. The SMILES string of the molecule is Nc1nc2[nH]c(=O)c(=O)c1s2. The van der Waals surface area contributed by atoms with E-state index in [1.54, 1.807) is 0 Å². The molecular weight excluding hydrogens is 166 g/mol. The maximum Gasteiger partial charge on any atom is 0.299 e. The van der Waals surface area contributed by atoms with Gasteiger partial charge >= 0.3 is 0 Å². The zero-order chi connectivity index (χ0) is 8.01. The second-order valence-electron chi connectivity index (χ2n) is 2.02. The molecule has 5 nitrogen and oxygen atoms in total. The molecule has 0 atom stereocenters. The Morgan fingerprint density at radius 3 is 2.91 bits per heavy atom. The first kappa shape index (κ1) is 6.29. The smallest absolute Gasteiger partial charge is 0.299 e. The Labute approximate surface area is 63.8 Å². The molecule has 0 amide bonds. The van der Waals surface area contributed by atoms with Gasteiger partial charge in [0.05, 0.1) is 0 Å². The number of nitrogens with two attached hydrogens (primary N) is 1. The highest BCUT2D eigenvalue weighted by molar-refractivity contribution is 7.23. The first-order valence-corrected chi connectivity index (χ1v) is 3.62. The summed E-state index contributed by atoms with van der Waals surface area (Å²) in [6.07, 6.45) is 0. The Balaban J connectivity index is 3.21. The Morgan fingerprint density at radius 2 is 2.18 bits per heavy atom. The van der Waals surface area contributed by atoms with Crippen molar-refractivity contribution in [3.8, 4) is 0 Å². The average Bonchev–Trinajstić information content (AvgIpc) is 2.24. The van der Waals surface area contributed by atoms with Crippen molar-refractivity contribution in [1.29, 1.82) is 0 Å². The molecule has 2 bridgehead atoms. The van der Waals surface area contributed by atoms with Crippen LogP contribution in [-0.4, -0.2) is 9.97 Å². The van der Waals surface area contributed by atoms with Gasteiger partial charge in [0.2, 0.25) is 0 Å². The number of nitrogens with one attached hydrogen (secondary N) is 1. The molecule has 2 heterocycles. The molecule has 3 N–H and O–H groups in total. The van der Waals surface area contributed by atoms with Gasteiger partial charge in [-0.2, -0.15) is 0 Å². The molecule has 0 radical (unpaired) electrons. The van der Waals surface area contributed by atoms with Crippen molar-refractivity contribution in [3.05, 3.63) is 20.6 Å². The molecule has 0 aliphatic carbocycles. The number of H-pyrrole nitrogens is 1. The van der Waals surface area contributed by atoms with Crippen molar-refractivity contribution in [1.82, 2.24) is 9.97 Å². The van der Waals surface area contributed by atoms with Crippen molar-refractivity contribution in [2.45, 2.75) is 0 Å². The van der Waals surface area contributed by atoms with Crippen molar-refractivity contribution in [3.63, 3.8) is 0 Å². The molecule has 0 spiro atoms. The van der Waals surface area contributed by atoms with Crippen LogP contribution in [0.3, 0.4) is 0 Å². The van der Waals surface area contributed by atoms with Crippen LogP contribution in [0.2, 0.25) is 0 Å². The van der Waals surface area contributed by atoms with Crippen LogP contribution >= 0.6 is 11.3 Å². The lowest BCUT2D eigenvalue weighted by atomic mass is 10.5. The topological polar surface area (TPSA) is 88.8 Å². The number of hydrogen-bond acceptors (Lipinski definition) is 5. The molecule has 0 aromatic carbocycles. The molecule has 0 unspecified atom stereocenters. The summed E-state index contributed by atoms with van der Waals surface area (Å²) in [7, 11) is 0. The number of nitrogen functional groups attached to an aromatic ring is 1. The first-order valence-electron chi connectivity index (χ1n) is 2.80. The van der Waals surface area contributed by atoms with Gasteiger partial charge < -0.3 is 5.73 Å². The Morgan fingerprint density at radius 1 is 1.45 bits per heavy atom. The van der Waals surface area contributed by atoms with Gasteiger partial charge in [0, 0.05) is 0 Å². The van der Waals surface area contributed by atoms with E-state index in [4.69, 9.17) is 5.73 Å². The standard InChI is InChI=1S/C5H3N3O2S/c6-3-2-1(9)4(10)8-5(7-3)11-2/h(H3,6,7,8,9,10). The van der Waals surface area contributed by atoms with Crippen molar-refractivity contribution in [2.24, 2.45) is 0 Å². The number of rotatable bonds is 0. The Hall–Kier alpha value is -1.43. The van der Waals surface area contributed by atoms with E-state index in [9.17, 15) is 9.59 Å². The van der Waals surface area contributed by atoms with Gasteiger partial charge in [-0.25, -0.2) is 4.98 Å². The van der Waals surface area contributed by atoms with Crippen LogP contribution in [0.1, 0.15) is 0 Å². The quantitative estimate of drug-likeness (QED) is 0.513. The number of fused-ring (bicyclic) bond motifs is 2. The maximum atomic E-state index is 10.9. The second kappa shape index (κ2) is 1.79. The lowest BCUT2D eigenvalue weighted by Gasteiger charge is -1.77. The largest absolute Gasteiger partial charge is 0.382 e. The van der Waals surface area contributed by atoms with Gasteiger partial charge in [-0.3, -0.25) is 14.6 Å². The molecule has 0 aliphatic rings. The molecule has 2 aromatic heterocycles. The molecule has 0 saturated carbocycles. The summed E-state index contributed by atoms with van der Waals surface area (Å²) in [5.74, 6) is 0.133. The minimum Gasteiger partial charge on any atom is -0.382 e. The van der Waals surface area contributed by atoms with Crippen LogP contribution < -0.4 is 16.7 Å². The van der Waals surface area contributed by atoms with Crippen LogP contribution in [0.4, 0.5) is 5.82 Å².